The van der Waals surface area contributed by atoms with Gasteiger partial charge < -0.3 is 20.6 Å². The third-order valence-electron chi connectivity index (χ3n) is 6.14. The van der Waals surface area contributed by atoms with Crippen molar-refractivity contribution >= 4 is 28.4 Å². The lowest BCUT2D eigenvalue weighted by Crippen LogP contribution is -2.21. The number of nitrogens with zero attached hydrogens (tertiary/aromatic N) is 1. The molecule has 4 N–H and O–H groups in total. The molecule has 0 fully saturated rings. The van der Waals surface area contributed by atoms with Gasteiger partial charge in [0.05, 0.1) is 22.2 Å². The van der Waals surface area contributed by atoms with Crippen LogP contribution >= 0.6 is 0 Å². The number of nitrogens with one attached hydrogen (secondary N) is 4. The number of amides is 2. The molecule has 0 radical (unpaired) electrons. The van der Waals surface area contributed by atoms with Gasteiger partial charge in [-0.15, -0.1) is 0 Å². The molecule has 0 saturated carbocycles. The number of anilines is 2. The van der Waals surface area contributed by atoms with E-state index in [2.05, 4.69) is 25.6 Å². The number of hydrogen-bond donors (Lipinski definition) is 4. The quantitative estimate of drug-likeness (QED) is 0.177. The summed E-state index contributed by atoms with van der Waals surface area (Å²) in [7, 11) is 0. The Kier molecular flexibility index (Phi) is 6.33. The Bertz CT molecular complexity index is 1720. The van der Waals surface area contributed by atoms with Crippen molar-refractivity contribution in [3.63, 3.8) is 0 Å². The van der Waals surface area contributed by atoms with Gasteiger partial charge in [0.2, 0.25) is 0 Å². The van der Waals surface area contributed by atoms with Gasteiger partial charge in [-0.2, -0.15) is 13.2 Å². The van der Waals surface area contributed by atoms with Crippen LogP contribution in [-0.4, -0.2) is 21.0 Å². The fourth-order valence-corrected chi connectivity index (χ4v) is 4.19. The molecule has 1 aliphatic carbocycles. The lowest BCUT2D eigenvalue weighted by molar-refractivity contribution is -0.137. The van der Waals surface area contributed by atoms with Gasteiger partial charge in [-0.05, 0) is 42.5 Å². The molecule has 1 aliphatic heterocycles. The van der Waals surface area contributed by atoms with Gasteiger partial charge in [0.1, 0.15) is 5.82 Å². The summed E-state index contributed by atoms with van der Waals surface area (Å²) in [5, 5.41) is 4.66. The number of fused-ring (bicyclic) bond motifs is 2. The van der Waals surface area contributed by atoms with Gasteiger partial charge in [-0.1, -0.05) is 31.2 Å². The number of halogens is 5. The molecule has 2 heterocycles. The van der Waals surface area contributed by atoms with Crippen molar-refractivity contribution in [1.29, 1.82) is 0 Å². The van der Waals surface area contributed by atoms with E-state index < -0.39 is 41.4 Å². The molecular weight excluding hydrogens is 521 g/mol. The summed E-state index contributed by atoms with van der Waals surface area (Å²) < 4.78 is 68.3. The van der Waals surface area contributed by atoms with E-state index in [9.17, 15) is 31.5 Å². The van der Waals surface area contributed by atoms with Gasteiger partial charge in [0.25, 0.3) is 11.5 Å². The lowest BCUT2D eigenvalue weighted by Gasteiger charge is -2.18. The van der Waals surface area contributed by atoms with Gasteiger partial charge in [0.15, 0.2) is 0 Å². The number of carbonyl (C=O) groups is 1. The molecule has 200 valence electrons. The molecule has 0 saturated heterocycles. The molecule has 3 aromatic rings. The fraction of sp³-hybridized carbons (Fsp3) is 0.148. The summed E-state index contributed by atoms with van der Waals surface area (Å²) in [5.74, 6) is -3.20. The predicted octanol–water partition coefficient (Wildman–Crippen LogP) is 7.19. The standard InChI is InChI=1S/C27H20F5N5O2/c1-2-26(28,29)14-10-15(27(30,31)32)12-17(11-14)34-25(39)33-16-8-9-20-21(13-16)36-23(35-20)22-18-6-4-3-5-7-19(18)37-24(22)38/h3-13H,2H2,1H3,(H,35,36)(H,37,38)(H2,33,34,39). The molecule has 1 aromatic heterocycles. The van der Waals surface area contributed by atoms with E-state index in [0.717, 1.165) is 13.0 Å². The highest BCUT2D eigenvalue weighted by molar-refractivity contribution is 6.01. The van der Waals surface area contributed by atoms with Crippen molar-refractivity contribution in [2.45, 2.75) is 25.4 Å². The van der Waals surface area contributed by atoms with Crippen LogP contribution in [0.3, 0.4) is 0 Å². The van der Waals surface area contributed by atoms with Crippen LogP contribution in [0.1, 0.15) is 24.5 Å². The van der Waals surface area contributed by atoms with E-state index in [4.69, 9.17) is 0 Å². The number of benzene rings is 2. The first-order valence-electron chi connectivity index (χ1n) is 11.7. The van der Waals surface area contributed by atoms with Crippen molar-refractivity contribution in [2.75, 3.05) is 10.6 Å². The Labute approximate surface area is 217 Å². The van der Waals surface area contributed by atoms with Gasteiger partial charge in [-0.3, -0.25) is 4.79 Å². The molecule has 5 rings (SSSR count). The molecule has 2 amide bonds. The molecule has 2 aromatic carbocycles. The Morgan fingerprint density at radius 2 is 1.59 bits per heavy atom. The average molecular weight is 541 g/mol. The number of H-pyrrole nitrogens is 2. The highest BCUT2D eigenvalue weighted by Crippen LogP contribution is 2.38. The first-order chi connectivity index (χ1) is 18.4. The maximum absolute atomic E-state index is 14.2. The number of imidazole rings is 1. The second-order valence-corrected chi connectivity index (χ2v) is 8.82. The lowest BCUT2D eigenvalue weighted by atomic mass is 10.0. The van der Waals surface area contributed by atoms with Crippen molar-refractivity contribution in [3.05, 3.63) is 88.2 Å². The van der Waals surface area contributed by atoms with Crippen LogP contribution in [0.25, 0.3) is 33.7 Å². The van der Waals surface area contributed by atoms with Gasteiger partial charge in [0, 0.05) is 34.6 Å². The van der Waals surface area contributed by atoms with E-state index in [1.54, 1.807) is 30.3 Å². The minimum atomic E-state index is -4.89. The van der Waals surface area contributed by atoms with E-state index in [-0.39, 0.29) is 11.2 Å². The second-order valence-electron chi connectivity index (χ2n) is 8.82. The Morgan fingerprint density at radius 3 is 2.33 bits per heavy atom. The summed E-state index contributed by atoms with van der Waals surface area (Å²) in [5.41, 5.74) is -0.0840. The fourth-order valence-electron chi connectivity index (χ4n) is 4.19. The molecule has 0 bridgehead atoms. The first-order valence-corrected chi connectivity index (χ1v) is 11.7. The molecule has 39 heavy (non-hydrogen) atoms. The first kappa shape index (κ1) is 25.9. The largest absolute Gasteiger partial charge is 0.416 e. The summed E-state index contributed by atoms with van der Waals surface area (Å²) >= 11 is 0. The predicted molar refractivity (Wildman–Crippen MR) is 137 cm³/mol. The molecule has 0 atom stereocenters. The van der Waals surface area contributed by atoms with E-state index in [0.29, 0.717) is 45.8 Å². The van der Waals surface area contributed by atoms with Crippen LogP contribution in [0.15, 0.2) is 71.5 Å². The molecule has 12 heteroatoms. The Hall–Kier alpha value is -4.74. The van der Waals surface area contributed by atoms with Gasteiger partial charge in [-0.25, -0.2) is 18.6 Å². The van der Waals surface area contributed by atoms with E-state index in [1.165, 1.54) is 12.1 Å². The van der Waals surface area contributed by atoms with Crippen molar-refractivity contribution < 1.29 is 26.7 Å². The minimum Gasteiger partial charge on any atom is -0.338 e. The van der Waals surface area contributed by atoms with E-state index >= 15 is 0 Å². The number of carbonyl (C=O) groups excluding carboxylic acids is 1. The number of urea groups is 1. The number of hydrogen-bond acceptors (Lipinski definition) is 3. The van der Waals surface area contributed by atoms with Crippen LogP contribution in [0.4, 0.5) is 38.1 Å². The smallest absolute Gasteiger partial charge is 0.338 e. The molecule has 2 aliphatic rings. The minimum absolute atomic E-state index is 0.244. The number of aromatic nitrogens is 3. The summed E-state index contributed by atoms with van der Waals surface area (Å²) in [6.07, 6.45) is -5.60. The third-order valence-corrected chi connectivity index (χ3v) is 6.14. The van der Waals surface area contributed by atoms with Gasteiger partial charge >= 0.3 is 12.2 Å². The van der Waals surface area contributed by atoms with Crippen LogP contribution in [0.2, 0.25) is 0 Å². The number of alkyl halides is 5. The SMILES string of the molecule is CCC(F)(F)c1cc(NC(=O)Nc2ccc3nc(-c4c5cccccc-5[nH]c4=O)[nH]c3c2)cc(C(F)(F)F)c1. The second kappa shape index (κ2) is 9.53. The molecule has 0 spiro atoms. The summed E-state index contributed by atoms with van der Waals surface area (Å²) in [6, 6.07) is 14.4. The Balaban J connectivity index is 1.40. The zero-order valence-electron chi connectivity index (χ0n) is 20.2. The molecular formula is C27H20F5N5O2. The number of rotatable bonds is 5. The van der Waals surface area contributed by atoms with Crippen molar-refractivity contribution in [1.82, 2.24) is 15.0 Å². The van der Waals surface area contributed by atoms with Crippen LogP contribution in [0, 0.1) is 0 Å². The topological polar surface area (TPSA) is 103 Å². The highest BCUT2D eigenvalue weighted by Gasteiger charge is 2.36. The monoisotopic (exact) mass is 541 g/mol. The molecule has 0 unspecified atom stereocenters. The third kappa shape index (κ3) is 5.17. The van der Waals surface area contributed by atoms with Crippen LogP contribution in [-0.2, 0) is 12.1 Å². The molecule has 7 nitrogen and oxygen atoms in total. The number of aromatic amines is 2. The average Bonchev–Trinajstić information content (AvgIpc) is 3.34. The summed E-state index contributed by atoms with van der Waals surface area (Å²) in [6.45, 7) is 1.15. The zero-order valence-corrected chi connectivity index (χ0v) is 20.2. The maximum atomic E-state index is 14.2. The highest BCUT2D eigenvalue weighted by atomic mass is 19.4. The van der Waals surface area contributed by atoms with Crippen molar-refractivity contribution in [2.24, 2.45) is 0 Å². The van der Waals surface area contributed by atoms with Crippen molar-refractivity contribution in [3.8, 4) is 22.6 Å². The van der Waals surface area contributed by atoms with Crippen LogP contribution in [0.5, 0.6) is 0 Å². The summed E-state index contributed by atoms with van der Waals surface area (Å²) in [4.78, 5) is 35.5. The van der Waals surface area contributed by atoms with E-state index in [1.807, 2.05) is 6.07 Å². The zero-order chi connectivity index (χ0) is 27.9. The maximum Gasteiger partial charge on any atom is 0.416 e. The Morgan fingerprint density at radius 1 is 0.872 bits per heavy atom. The normalized spacial score (nSPS) is 12.2. The van der Waals surface area contributed by atoms with Crippen LogP contribution < -0.4 is 16.2 Å².